The van der Waals surface area contributed by atoms with Crippen molar-refractivity contribution in [1.29, 1.82) is 0 Å². The van der Waals surface area contributed by atoms with Crippen molar-refractivity contribution in [1.82, 2.24) is 0 Å². The van der Waals surface area contributed by atoms with Crippen molar-refractivity contribution in [2.75, 3.05) is 13.2 Å². The Morgan fingerprint density at radius 1 is 1.36 bits per heavy atom. The summed E-state index contributed by atoms with van der Waals surface area (Å²) in [5.41, 5.74) is 4.71. The number of aliphatic hydroxyl groups is 2. The molecule has 0 atom stereocenters. The van der Waals surface area contributed by atoms with Crippen LogP contribution in [0, 0.1) is 13.8 Å². The molecule has 0 aromatic rings. The molecular weight excluding hydrogens is 236 g/mol. The fourth-order valence-corrected chi connectivity index (χ4v) is 0. The Bertz CT molecular complexity index is 60.4. The Balaban J connectivity index is -0.0000000325. The van der Waals surface area contributed by atoms with E-state index < -0.39 is 0 Å². The predicted molar refractivity (Wildman–Crippen MR) is 50.7 cm³/mol. The molecule has 0 spiro atoms. The minimum atomic E-state index is 0. The van der Waals surface area contributed by atoms with Gasteiger partial charge in [-0.1, -0.05) is 25.4 Å². The third-order valence-corrected chi connectivity index (χ3v) is 0. The van der Waals surface area contributed by atoms with E-state index in [2.05, 4.69) is 38.7 Å². The average molecular weight is 249 g/mol. The van der Waals surface area contributed by atoms with Gasteiger partial charge in [0.1, 0.15) is 4.32 Å². The van der Waals surface area contributed by atoms with Gasteiger partial charge in [-0.25, -0.2) is 0 Å². The van der Waals surface area contributed by atoms with Gasteiger partial charge in [0.05, 0.1) is 0 Å². The second-order valence-corrected chi connectivity index (χ2v) is 2.01. The van der Waals surface area contributed by atoms with Gasteiger partial charge in [0.15, 0.2) is 0 Å². The molecule has 0 radical (unpaired) electrons. The van der Waals surface area contributed by atoms with Gasteiger partial charge in [-0.2, -0.15) is 0 Å². The summed E-state index contributed by atoms with van der Waals surface area (Å²) in [5, 5.41) is 14.9. The molecule has 64 valence electrons. The Morgan fingerprint density at radius 2 is 1.36 bits per heavy atom. The van der Waals surface area contributed by atoms with Crippen molar-refractivity contribution in [2.24, 2.45) is 5.73 Å². The standard InChI is InChI=1S/2C2H5O.CH3NS2.Zn/c2*1-2-3;2-1(3)4;/h2*3H,1-2H2;(H3,2,3,4);/q2*-1;;+2. The van der Waals surface area contributed by atoms with E-state index in [1.54, 1.807) is 0 Å². The smallest absolute Gasteiger partial charge is 0.428 e. The first-order chi connectivity index (χ1) is 4.56. The molecule has 0 saturated heterocycles. The first-order valence-electron chi connectivity index (χ1n) is 2.35. The van der Waals surface area contributed by atoms with E-state index in [0.29, 0.717) is 0 Å². The molecule has 4 N–H and O–H groups in total. The minimum Gasteiger partial charge on any atom is -0.428 e. The van der Waals surface area contributed by atoms with Crippen LogP contribution in [0.15, 0.2) is 0 Å². The normalized spacial score (nSPS) is 5.55. The zero-order chi connectivity index (χ0) is 8.99. The van der Waals surface area contributed by atoms with Gasteiger partial charge in [0, 0.05) is 0 Å². The van der Waals surface area contributed by atoms with Gasteiger partial charge < -0.3 is 29.8 Å². The number of hydrogen-bond donors (Lipinski definition) is 4. The molecule has 0 saturated carbocycles. The van der Waals surface area contributed by atoms with Gasteiger partial charge in [0.25, 0.3) is 0 Å². The third kappa shape index (κ3) is 1360. The third-order valence-electron chi connectivity index (χ3n) is 0. The summed E-state index contributed by atoms with van der Waals surface area (Å²) in [6.45, 7) is 6.08. The van der Waals surface area contributed by atoms with E-state index in [9.17, 15) is 0 Å². The summed E-state index contributed by atoms with van der Waals surface area (Å²) in [4.78, 5) is 0. The van der Waals surface area contributed by atoms with Crippen LogP contribution < -0.4 is 5.73 Å². The molecule has 3 nitrogen and oxygen atoms in total. The topological polar surface area (TPSA) is 66.5 Å². The molecule has 0 aromatic carbocycles. The summed E-state index contributed by atoms with van der Waals surface area (Å²) >= 11 is 7.65. The van der Waals surface area contributed by atoms with Crippen LogP contribution in [-0.4, -0.2) is 27.7 Å². The molecule has 0 aliphatic heterocycles. The number of thiocarbonyl (C=S) groups is 1. The molecule has 0 aromatic heterocycles. The van der Waals surface area contributed by atoms with Crippen LogP contribution in [-0.2, 0) is 19.5 Å². The first kappa shape index (κ1) is 22.6. The van der Waals surface area contributed by atoms with Crippen molar-refractivity contribution in [3.63, 3.8) is 0 Å². The predicted octanol–water partition coefficient (Wildman–Crippen LogP) is -0.217. The van der Waals surface area contributed by atoms with Crippen LogP contribution in [0.1, 0.15) is 0 Å². The summed E-state index contributed by atoms with van der Waals surface area (Å²) in [7, 11) is 0. The Morgan fingerprint density at radius 3 is 1.36 bits per heavy atom. The van der Waals surface area contributed by atoms with Crippen LogP contribution in [0.5, 0.6) is 0 Å². The van der Waals surface area contributed by atoms with Crippen LogP contribution in [0.2, 0.25) is 0 Å². The Hall–Kier alpha value is 0.783. The van der Waals surface area contributed by atoms with Gasteiger partial charge >= 0.3 is 19.5 Å². The molecule has 11 heavy (non-hydrogen) atoms. The SMILES string of the molecule is NC(=S)S.[CH2-]CO.[CH2-]CO.[Zn+2]. The van der Waals surface area contributed by atoms with E-state index in [4.69, 9.17) is 15.9 Å². The minimum absolute atomic E-state index is 0. The quantitative estimate of drug-likeness (QED) is 0.207. The fourth-order valence-electron chi connectivity index (χ4n) is 0. The molecule has 0 amide bonds. The van der Waals surface area contributed by atoms with Crippen LogP contribution in [0.25, 0.3) is 0 Å². The van der Waals surface area contributed by atoms with Gasteiger partial charge in [0.2, 0.25) is 0 Å². The van der Waals surface area contributed by atoms with E-state index in [1.807, 2.05) is 0 Å². The second kappa shape index (κ2) is 30.9. The summed E-state index contributed by atoms with van der Waals surface area (Å²) in [5.74, 6) is 0. The van der Waals surface area contributed by atoms with E-state index in [0.717, 1.165) is 0 Å². The van der Waals surface area contributed by atoms with Gasteiger partial charge in [-0.3, -0.25) is 0 Å². The average Bonchev–Trinajstić information content (AvgIpc) is 1.65. The van der Waals surface area contributed by atoms with Gasteiger partial charge in [-0.15, -0.1) is 12.6 Å². The Kier molecular flexibility index (Phi) is 63.4. The molecule has 0 rings (SSSR count). The van der Waals surface area contributed by atoms with E-state index in [-0.39, 0.29) is 37.0 Å². The first-order valence-corrected chi connectivity index (χ1v) is 3.20. The maximum Gasteiger partial charge on any atom is 2.00 e. The maximum absolute atomic E-state index is 7.46. The van der Waals surface area contributed by atoms with Gasteiger partial charge in [-0.05, 0) is 0 Å². The van der Waals surface area contributed by atoms with Crippen LogP contribution in [0.3, 0.4) is 0 Å². The van der Waals surface area contributed by atoms with Crippen molar-refractivity contribution in [3.8, 4) is 0 Å². The number of nitrogens with two attached hydrogens (primary N) is 1. The largest absolute Gasteiger partial charge is 2.00 e. The van der Waals surface area contributed by atoms with Crippen LogP contribution in [0.4, 0.5) is 0 Å². The number of hydrogen-bond acceptors (Lipinski definition) is 3. The zero-order valence-corrected chi connectivity index (χ0v) is 11.0. The molecule has 0 fully saturated rings. The molecule has 0 heterocycles. The second-order valence-electron chi connectivity index (χ2n) is 0.785. The molecule has 0 aliphatic carbocycles. The summed E-state index contributed by atoms with van der Waals surface area (Å²) in [6.07, 6.45) is 0. The zero-order valence-electron chi connectivity index (χ0n) is 6.36. The monoisotopic (exact) mass is 247 g/mol. The van der Waals surface area contributed by atoms with Crippen molar-refractivity contribution >= 4 is 29.2 Å². The van der Waals surface area contributed by atoms with Crippen molar-refractivity contribution in [2.45, 2.75) is 0 Å². The molecule has 6 heteroatoms. The molecule has 0 bridgehead atoms. The number of thiol groups is 1. The maximum atomic E-state index is 7.46. The van der Waals surface area contributed by atoms with Crippen molar-refractivity contribution < 1.29 is 29.7 Å². The molecular formula is C5H13NO2S2Zn. The number of aliphatic hydroxyl groups excluding tert-OH is 2. The summed E-state index contributed by atoms with van der Waals surface area (Å²) < 4.78 is 0.194. The molecule has 0 aliphatic rings. The number of rotatable bonds is 0. The summed E-state index contributed by atoms with van der Waals surface area (Å²) in [6, 6.07) is 0. The fraction of sp³-hybridized carbons (Fsp3) is 0.400. The van der Waals surface area contributed by atoms with Crippen LogP contribution >= 0.6 is 24.8 Å². The van der Waals surface area contributed by atoms with E-state index in [1.165, 1.54) is 0 Å². The van der Waals surface area contributed by atoms with E-state index >= 15 is 0 Å². The molecule has 0 unspecified atom stereocenters. The Labute approximate surface area is 91.5 Å². The van der Waals surface area contributed by atoms with Crippen molar-refractivity contribution in [3.05, 3.63) is 13.8 Å².